The molecule has 0 saturated carbocycles. The zero-order valence-corrected chi connectivity index (χ0v) is 12.2. The van der Waals surface area contributed by atoms with Crippen LogP contribution in [-0.2, 0) is 5.60 Å². The molecule has 2 aromatic rings. The zero-order chi connectivity index (χ0) is 14.4. The third-order valence-corrected chi connectivity index (χ3v) is 4.44. The van der Waals surface area contributed by atoms with E-state index >= 15 is 0 Å². The van der Waals surface area contributed by atoms with E-state index in [0.717, 1.165) is 42.2 Å². The highest BCUT2D eigenvalue weighted by atomic mass is 35.5. The maximum atomic E-state index is 11.5. The van der Waals surface area contributed by atoms with E-state index in [1.54, 1.807) is 0 Å². The van der Waals surface area contributed by atoms with Crippen molar-refractivity contribution in [3.8, 4) is 0 Å². The summed E-state index contributed by atoms with van der Waals surface area (Å²) in [4.78, 5) is 6.74. The number of rotatable bonds is 1. The number of nitrogens with zero attached hydrogens (tertiary/aromatic N) is 2. The number of aliphatic imine (C=N–C) groups is 1. The Balaban J connectivity index is 2.00. The molecule has 0 unspecified atom stereocenters. The SMILES string of the molecule is O[C@@]1(c2cccc(Cl)c2)C2=NCCCN2c2ccccc21. The van der Waals surface area contributed by atoms with E-state index in [9.17, 15) is 5.11 Å². The van der Waals surface area contributed by atoms with Crippen molar-refractivity contribution in [3.05, 3.63) is 64.7 Å². The van der Waals surface area contributed by atoms with Crippen molar-refractivity contribution in [3.63, 3.8) is 0 Å². The molecule has 0 bridgehead atoms. The third-order valence-electron chi connectivity index (χ3n) is 4.21. The Morgan fingerprint density at radius 3 is 2.86 bits per heavy atom. The Bertz CT molecular complexity index is 743. The molecule has 0 radical (unpaired) electrons. The van der Waals surface area contributed by atoms with Gasteiger partial charge in [0.05, 0.1) is 0 Å². The van der Waals surface area contributed by atoms with Crippen LogP contribution in [0, 0.1) is 0 Å². The number of anilines is 1. The molecule has 4 heteroatoms. The minimum atomic E-state index is -1.21. The van der Waals surface area contributed by atoms with Gasteiger partial charge in [0, 0.05) is 29.4 Å². The van der Waals surface area contributed by atoms with Gasteiger partial charge in [-0.05, 0) is 30.2 Å². The van der Waals surface area contributed by atoms with Gasteiger partial charge in [0.25, 0.3) is 0 Å². The second kappa shape index (κ2) is 4.58. The van der Waals surface area contributed by atoms with Gasteiger partial charge in [-0.2, -0.15) is 0 Å². The van der Waals surface area contributed by atoms with Gasteiger partial charge in [-0.25, -0.2) is 0 Å². The van der Waals surface area contributed by atoms with Gasteiger partial charge < -0.3 is 10.0 Å². The normalized spacial score (nSPS) is 23.5. The van der Waals surface area contributed by atoms with Crippen molar-refractivity contribution in [2.24, 2.45) is 4.99 Å². The number of para-hydroxylation sites is 1. The first kappa shape index (κ1) is 12.9. The summed E-state index contributed by atoms with van der Waals surface area (Å²) in [5.74, 6) is 0.720. The Kier molecular flexibility index (Phi) is 2.81. The van der Waals surface area contributed by atoms with E-state index in [-0.39, 0.29) is 0 Å². The average Bonchev–Trinajstić information content (AvgIpc) is 2.79. The van der Waals surface area contributed by atoms with Crippen LogP contribution in [0.4, 0.5) is 5.69 Å². The van der Waals surface area contributed by atoms with E-state index in [4.69, 9.17) is 11.6 Å². The van der Waals surface area contributed by atoms with Crippen LogP contribution in [0.15, 0.2) is 53.5 Å². The summed E-state index contributed by atoms with van der Waals surface area (Å²) in [5.41, 5.74) is 1.49. The van der Waals surface area contributed by atoms with Crippen molar-refractivity contribution in [2.75, 3.05) is 18.0 Å². The summed E-state index contributed by atoms with van der Waals surface area (Å²) in [5, 5.41) is 12.1. The molecule has 0 fully saturated rings. The first-order valence-corrected chi connectivity index (χ1v) is 7.49. The Morgan fingerprint density at radius 2 is 2.00 bits per heavy atom. The van der Waals surface area contributed by atoms with E-state index < -0.39 is 5.60 Å². The molecular weight excluding hydrogens is 284 g/mol. The highest BCUT2D eigenvalue weighted by Crippen LogP contribution is 2.46. The third kappa shape index (κ3) is 1.74. The molecular formula is C17H15ClN2O. The molecule has 2 aliphatic heterocycles. The number of halogens is 1. The highest BCUT2D eigenvalue weighted by molar-refractivity contribution is 6.30. The van der Waals surface area contributed by atoms with Crippen LogP contribution in [0.5, 0.6) is 0 Å². The summed E-state index contributed by atoms with van der Waals surface area (Å²) in [6.45, 7) is 1.64. The smallest absolute Gasteiger partial charge is 0.174 e. The van der Waals surface area contributed by atoms with Crippen LogP contribution in [0.1, 0.15) is 17.5 Å². The lowest BCUT2D eigenvalue weighted by molar-refractivity contribution is 0.158. The van der Waals surface area contributed by atoms with Crippen molar-refractivity contribution in [1.29, 1.82) is 0 Å². The predicted molar refractivity (Wildman–Crippen MR) is 85.2 cm³/mol. The van der Waals surface area contributed by atoms with Crippen LogP contribution >= 0.6 is 11.6 Å². The first-order valence-electron chi connectivity index (χ1n) is 7.11. The summed E-state index contributed by atoms with van der Waals surface area (Å²) in [7, 11) is 0. The fourth-order valence-corrected chi connectivity index (χ4v) is 3.47. The molecule has 1 N–H and O–H groups in total. The van der Waals surface area contributed by atoms with Crippen molar-refractivity contribution in [1.82, 2.24) is 0 Å². The quantitative estimate of drug-likeness (QED) is 0.877. The molecule has 2 heterocycles. The molecule has 106 valence electrons. The minimum absolute atomic E-state index is 0.619. The fourth-order valence-electron chi connectivity index (χ4n) is 3.28. The van der Waals surface area contributed by atoms with Crippen molar-refractivity contribution < 1.29 is 5.11 Å². The van der Waals surface area contributed by atoms with Crippen LogP contribution in [0.2, 0.25) is 5.02 Å². The van der Waals surface area contributed by atoms with Gasteiger partial charge in [0.1, 0.15) is 5.84 Å². The Hall–Kier alpha value is -1.84. The lowest BCUT2D eigenvalue weighted by atomic mass is 9.87. The molecule has 1 atom stereocenters. The second-order valence-corrected chi connectivity index (χ2v) is 5.88. The molecule has 0 spiro atoms. The summed E-state index contributed by atoms with van der Waals surface area (Å²) >= 11 is 6.12. The van der Waals surface area contributed by atoms with Gasteiger partial charge in [0.15, 0.2) is 5.60 Å². The van der Waals surface area contributed by atoms with Crippen LogP contribution in [0.25, 0.3) is 0 Å². The number of hydrogen-bond donors (Lipinski definition) is 1. The van der Waals surface area contributed by atoms with Crippen LogP contribution < -0.4 is 4.90 Å². The predicted octanol–water partition coefficient (Wildman–Crippen LogP) is 3.20. The molecule has 21 heavy (non-hydrogen) atoms. The number of fused-ring (bicyclic) bond motifs is 3. The maximum absolute atomic E-state index is 11.5. The lowest BCUT2D eigenvalue weighted by Crippen LogP contribution is -2.44. The molecule has 0 aromatic heterocycles. The van der Waals surface area contributed by atoms with Gasteiger partial charge in [-0.15, -0.1) is 0 Å². The molecule has 4 rings (SSSR count). The molecule has 0 amide bonds. The lowest BCUT2D eigenvalue weighted by Gasteiger charge is -2.30. The standard InChI is InChI=1S/C17H15ClN2O/c18-13-6-3-5-12(11-13)17(21)14-7-1-2-8-15(14)20-10-4-9-19-16(17)20/h1-3,5-8,11,21H,4,9-10H2/t17-/m1/s1. The van der Waals surface area contributed by atoms with Crippen LogP contribution in [-0.4, -0.2) is 24.0 Å². The second-order valence-electron chi connectivity index (χ2n) is 5.45. The van der Waals surface area contributed by atoms with Gasteiger partial charge in [-0.1, -0.05) is 41.9 Å². The molecule has 2 aromatic carbocycles. The Morgan fingerprint density at radius 1 is 1.14 bits per heavy atom. The van der Waals surface area contributed by atoms with Crippen molar-refractivity contribution >= 4 is 23.1 Å². The minimum Gasteiger partial charge on any atom is -0.373 e. The first-order chi connectivity index (χ1) is 10.2. The summed E-state index contributed by atoms with van der Waals surface area (Å²) in [6, 6.07) is 15.4. The summed E-state index contributed by atoms with van der Waals surface area (Å²) < 4.78 is 0. The molecule has 2 aliphatic rings. The highest BCUT2D eigenvalue weighted by Gasteiger charge is 2.49. The fraction of sp³-hybridized carbons (Fsp3) is 0.235. The van der Waals surface area contributed by atoms with E-state index in [0.29, 0.717) is 5.02 Å². The number of hydrogen-bond acceptors (Lipinski definition) is 3. The van der Waals surface area contributed by atoms with Gasteiger partial charge in [0.2, 0.25) is 0 Å². The largest absolute Gasteiger partial charge is 0.373 e. The Labute approximate surface area is 128 Å². The van der Waals surface area contributed by atoms with E-state index in [1.807, 2.05) is 48.5 Å². The topological polar surface area (TPSA) is 35.8 Å². The van der Waals surface area contributed by atoms with Gasteiger partial charge in [-0.3, -0.25) is 4.99 Å². The number of amidine groups is 1. The zero-order valence-electron chi connectivity index (χ0n) is 11.5. The molecule has 0 saturated heterocycles. The average molecular weight is 299 g/mol. The molecule has 0 aliphatic carbocycles. The van der Waals surface area contributed by atoms with Crippen LogP contribution in [0.3, 0.4) is 0 Å². The number of aliphatic hydroxyl groups is 1. The molecule has 3 nitrogen and oxygen atoms in total. The van der Waals surface area contributed by atoms with E-state index in [2.05, 4.69) is 9.89 Å². The number of benzene rings is 2. The maximum Gasteiger partial charge on any atom is 0.174 e. The van der Waals surface area contributed by atoms with Gasteiger partial charge >= 0.3 is 0 Å². The summed E-state index contributed by atoms with van der Waals surface area (Å²) in [6.07, 6.45) is 1.00. The van der Waals surface area contributed by atoms with E-state index in [1.165, 1.54) is 0 Å². The monoisotopic (exact) mass is 298 g/mol. The van der Waals surface area contributed by atoms with Crippen molar-refractivity contribution in [2.45, 2.75) is 12.0 Å².